The predicted octanol–water partition coefficient (Wildman–Crippen LogP) is 2.77. The molecule has 0 saturated heterocycles. The fraction of sp³-hybridized carbons (Fsp3) is 0.529. The van der Waals surface area contributed by atoms with Crippen LogP contribution in [-0.2, 0) is 6.54 Å². The number of benzene rings is 1. The molecule has 21 heavy (non-hydrogen) atoms. The summed E-state index contributed by atoms with van der Waals surface area (Å²) in [5.74, 6) is 3.67. The molecule has 3 rings (SSSR count). The van der Waals surface area contributed by atoms with E-state index in [-0.39, 0.29) is 0 Å². The minimum atomic E-state index is 0.604. The van der Waals surface area contributed by atoms with E-state index in [4.69, 9.17) is 14.2 Å². The lowest BCUT2D eigenvalue weighted by Gasteiger charge is -2.40. The van der Waals surface area contributed by atoms with Gasteiger partial charge in [-0.2, -0.15) is 0 Å². The lowest BCUT2D eigenvalue weighted by molar-refractivity contribution is 0.162. The molecule has 0 radical (unpaired) electrons. The number of methoxy groups -OCH3 is 3. The molecule has 0 amide bonds. The Bertz CT molecular complexity index is 516. The van der Waals surface area contributed by atoms with Gasteiger partial charge in [0.2, 0.25) is 5.75 Å². The van der Waals surface area contributed by atoms with Crippen molar-refractivity contribution in [3.8, 4) is 17.2 Å². The second kappa shape index (κ2) is 5.98. The van der Waals surface area contributed by atoms with E-state index >= 15 is 0 Å². The van der Waals surface area contributed by atoms with Gasteiger partial charge in [-0.05, 0) is 42.4 Å². The third kappa shape index (κ3) is 2.60. The minimum absolute atomic E-state index is 0.604. The zero-order valence-electron chi connectivity index (χ0n) is 12.9. The molecule has 0 aromatic heterocycles. The average molecular weight is 289 g/mol. The molecule has 0 spiro atoms. The number of hydrogen-bond acceptors (Lipinski definition) is 4. The molecule has 2 aliphatic rings. The van der Waals surface area contributed by atoms with Gasteiger partial charge in [0, 0.05) is 12.6 Å². The highest BCUT2D eigenvalue weighted by Gasteiger charge is 2.40. The highest BCUT2D eigenvalue weighted by atomic mass is 16.5. The molecule has 1 aromatic carbocycles. The maximum atomic E-state index is 5.39. The summed E-state index contributed by atoms with van der Waals surface area (Å²) in [4.78, 5) is 0. The van der Waals surface area contributed by atoms with Gasteiger partial charge in [0.15, 0.2) is 11.5 Å². The van der Waals surface area contributed by atoms with Gasteiger partial charge >= 0.3 is 0 Å². The lowest BCUT2D eigenvalue weighted by Crippen LogP contribution is -2.47. The molecule has 0 heterocycles. The Kier molecular flexibility index (Phi) is 4.06. The Morgan fingerprint density at radius 2 is 1.81 bits per heavy atom. The van der Waals surface area contributed by atoms with Gasteiger partial charge in [-0.1, -0.05) is 12.2 Å². The van der Waals surface area contributed by atoms with E-state index in [1.165, 1.54) is 12.8 Å². The van der Waals surface area contributed by atoms with Crippen LogP contribution in [0.1, 0.15) is 18.4 Å². The van der Waals surface area contributed by atoms with Crippen LogP contribution >= 0.6 is 0 Å². The summed E-state index contributed by atoms with van der Waals surface area (Å²) in [7, 11) is 4.92. The third-order valence-electron chi connectivity index (χ3n) is 4.66. The van der Waals surface area contributed by atoms with Crippen molar-refractivity contribution in [1.29, 1.82) is 0 Å². The van der Waals surface area contributed by atoms with E-state index in [0.29, 0.717) is 23.3 Å². The average Bonchev–Trinajstić information content (AvgIpc) is 2.87. The van der Waals surface area contributed by atoms with Crippen LogP contribution in [0.4, 0.5) is 0 Å². The van der Waals surface area contributed by atoms with E-state index in [2.05, 4.69) is 17.5 Å². The number of ether oxygens (including phenoxy) is 3. The monoisotopic (exact) mass is 289 g/mol. The first-order valence-corrected chi connectivity index (χ1v) is 7.45. The SMILES string of the molecule is COc1cc(CNC2CC3CC=CC32)cc(OC)c1OC. The van der Waals surface area contributed by atoms with Crippen LogP contribution in [0.2, 0.25) is 0 Å². The van der Waals surface area contributed by atoms with Crippen LogP contribution in [0.15, 0.2) is 24.3 Å². The fourth-order valence-corrected chi connectivity index (χ4v) is 3.43. The number of allylic oxidation sites excluding steroid dienone is 1. The first kappa shape index (κ1) is 14.3. The largest absolute Gasteiger partial charge is 0.493 e. The maximum Gasteiger partial charge on any atom is 0.203 e. The molecular weight excluding hydrogens is 266 g/mol. The summed E-state index contributed by atoms with van der Waals surface area (Å²) >= 11 is 0. The van der Waals surface area contributed by atoms with E-state index in [9.17, 15) is 0 Å². The number of rotatable bonds is 6. The van der Waals surface area contributed by atoms with Crippen molar-refractivity contribution < 1.29 is 14.2 Å². The molecule has 1 fully saturated rings. The van der Waals surface area contributed by atoms with Crippen molar-refractivity contribution >= 4 is 0 Å². The molecule has 3 atom stereocenters. The van der Waals surface area contributed by atoms with Crippen LogP contribution in [0.3, 0.4) is 0 Å². The highest BCUT2D eigenvalue weighted by molar-refractivity contribution is 5.53. The van der Waals surface area contributed by atoms with Crippen LogP contribution in [0.25, 0.3) is 0 Å². The Morgan fingerprint density at radius 1 is 1.10 bits per heavy atom. The minimum Gasteiger partial charge on any atom is -0.493 e. The summed E-state index contributed by atoms with van der Waals surface area (Å²) in [5.41, 5.74) is 1.15. The molecule has 0 aliphatic heterocycles. The van der Waals surface area contributed by atoms with Gasteiger partial charge in [-0.25, -0.2) is 0 Å². The smallest absolute Gasteiger partial charge is 0.203 e. The summed E-state index contributed by atoms with van der Waals surface area (Å²) in [6, 6.07) is 4.62. The molecule has 2 aliphatic carbocycles. The topological polar surface area (TPSA) is 39.7 Å². The molecule has 1 aromatic rings. The quantitative estimate of drug-likeness (QED) is 0.818. The van der Waals surface area contributed by atoms with Gasteiger partial charge < -0.3 is 19.5 Å². The van der Waals surface area contributed by atoms with Gasteiger partial charge in [0.25, 0.3) is 0 Å². The lowest BCUT2D eigenvalue weighted by atomic mass is 9.71. The molecule has 0 bridgehead atoms. The van der Waals surface area contributed by atoms with E-state index < -0.39 is 0 Å². The van der Waals surface area contributed by atoms with Crippen molar-refractivity contribution in [2.45, 2.75) is 25.4 Å². The highest BCUT2D eigenvalue weighted by Crippen LogP contribution is 2.43. The zero-order valence-corrected chi connectivity index (χ0v) is 12.9. The Labute approximate surface area is 126 Å². The third-order valence-corrected chi connectivity index (χ3v) is 4.66. The molecule has 1 saturated carbocycles. The summed E-state index contributed by atoms with van der Waals surface area (Å²) in [6.07, 6.45) is 7.21. The number of fused-ring (bicyclic) bond motifs is 1. The van der Waals surface area contributed by atoms with Crippen molar-refractivity contribution in [3.05, 3.63) is 29.8 Å². The second-order valence-corrected chi connectivity index (χ2v) is 5.76. The van der Waals surface area contributed by atoms with E-state index in [1.54, 1.807) is 21.3 Å². The van der Waals surface area contributed by atoms with Gasteiger partial charge in [-0.15, -0.1) is 0 Å². The number of hydrogen-bond donors (Lipinski definition) is 1. The predicted molar refractivity (Wildman–Crippen MR) is 82.1 cm³/mol. The van der Waals surface area contributed by atoms with Crippen LogP contribution in [0.5, 0.6) is 17.2 Å². The second-order valence-electron chi connectivity index (χ2n) is 5.76. The van der Waals surface area contributed by atoms with Gasteiger partial charge in [0.05, 0.1) is 21.3 Å². The Morgan fingerprint density at radius 3 is 2.38 bits per heavy atom. The first-order chi connectivity index (χ1) is 10.3. The molecule has 4 heteroatoms. The summed E-state index contributed by atoms with van der Waals surface area (Å²) in [6.45, 7) is 0.818. The fourth-order valence-electron chi connectivity index (χ4n) is 3.43. The number of nitrogens with one attached hydrogen (secondary N) is 1. The summed E-state index contributed by atoms with van der Waals surface area (Å²) in [5, 5.41) is 3.64. The van der Waals surface area contributed by atoms with Gasteiger partial charge in [-0.3, -0.25) is 0 Å². The molecular formula is C17H23NO3. The van der Waals surface area contributed by atoms with Crippen molar-refractivity contribution in [2.75, 3.05) is 21.3 Å². The molecule has 3 unspecified atom stereocenters. The van der Waals surface area contributed by atoms with Crippen LogP contribution in [0, 0.1) is 11.8 Å². The van der Waals surface area contributed by atoms with E-state index in [0.717, 1.165) is 23.9 Å². The maximum absolute atomic E-state index is 5.39. The van der Waals surface area contributed by atoms with Gasteiger partial charge in [0.1, 0.15) is 0 Å². The van der Waals surface area contributed by atoms with E-state index in [1.807, 2.05) is 12.1 Å². The van der Waals surface area contributed by atoms with Crippen molar-refractivity contribution in [2.24, 2.45) is 11.8 Å². The molecule has 1 N–H and O–H groups in total. The normalized spacial score (nSPS) is 26.1. The molecule has 114 valence electrons. The van der Waals surface area contributed by atoms with Crippen molar-refractivity contribution in [3.63, 3.8) is 0 Å². The van der Waals surface area contributed by atoms with Crippen molar-refractivity contribution in [1.82, 2.24) is 5.32 Å². The Balaban J connectivity index is 1.69. The first-order valence-electron chi connectivity index (χ1n) is 7.45. The molecule has 4 nitrogen and oxygen atoms in total. The summed E-state index contributed by atoms with van der Waals surface area (Å²) < 4.78 is 16.1. The van der Waals surface area contributed by atoms with Crippen LogP contribution < -0.4 is 19.5 Å². The zero-order chi connectivity index (χ0) is 14.8. The Hall–Kier alpha value is -1.68. The van der Waals surface area contributed by atoms with Crippen LogP contribution in [-0.4, -0.2) is 27.4 Å². The standard InChI is InChI=1S/C17H23NO3/c1-19-15-7-11(8-16(20-2)17(15)21-3)10-18-14-9-12-5-4-6-13(12)14/h4,6-8,12-14,18H,5,9-10H2,1-3H3.